The minimum Gasteiger partial charge on any atom is -0.493 e. The zero-order valence-corrected chi connectivity index (χ0v) is 56.2. The van der Waals surface area contributed by atoms with Gasteiger partial charge in [-0.15, -0.1) is 0 Å². The van der Waals surface area contributed by atoms with E-state index in [2.05, 4.69) is 77.1 Å². The van der Waals surface area contributed by atoms with Crippen molar-refractivity contribution in [1.82, 2.24) is 0 Å². The maximum absolute atomic E-state index is 12.4. The molecule has 0 fully saturated rings. The molecule has 2 aromatic rings. The van der Waals surface area contributed by atoms with Gasteiger partial charge < -0.3 is 5.53 Å². The Labute approximate surface area is 513 Å². The largest absolute Gasteiger partial charge is 0.493 e. The molecule has 470 valence electrons. The number of benzene rings is 2. The molecule has 3 rings (SSSR count). The SMILES string of the molecule is CCCCCCCCCCCCCCCCCCCCCCCCCCc1cc(CCCC)cc(C2=CC(CCCC)=C(c3cc(CCCC)cc(CCCCCCCCCCCCCCCCCCCCCCCCCC)c3)[N+]2=[N-])c1. The second kappa shape index (κ2) is 54.0. The molecule has 0 aliphatic carbocycles. The van der Waals surface area contributed by atoms with Crippen molar-refractivity contribution in [2.45, 2.75) is 413 Å². The topological polar surface area (TPSA) is 25.3 Å². The number of hydrogen-bond donors (Lipinski definition) is 0. The van der Waals surface area contributed by atoms with Crippen LogP contribution in [0.5, 0.6) is 0 Å². The molecule has 0 unspecified atom stereocenters. The molecule has 0 atom stereocenters. The van der Waals surface area contributed by atoms with Crippen molar-refractivity contribution >= 4 is 11.4 Å². The van der Waals surface area contributed by atoms with Crippen LogP contribution in [0.2, 0.25) is 0 Å². The van der Waals surface area contributed by atoms with Gasteiger partial charge in [0.2, 0.25) is 11.4 Å². The van der Waals surface area contributed by atoms with Crippen LogP contribution >= 0.6 is 0 Å². The van der Waals surface area contributed by atoms with Crippen molar-refractivity contribution in [3.8, 4) is 0 Å². The Morgan fingerprint density at radius 3 is 0.695 bits per heavy atom. The summed E-state index contributed by atoms with van der Waals surface area (Å²) < 4.78 is 1.61. The lowest BCUT2D eigenvalue weighted by Crippen LogP contribution is -2.05. The first kappa shape index (κ1) is 73.8. The summed E-state index contributed by atoms with van der Waals surface area (Å²) in [4.78, 5) is 0. The van der Waals surface area contributed by atoms with Crippen LogP contribution in [0, 0.1) is 0 Å². The number of unbranched alkanes of at least 4 members (excludes halogenated alkanes) is 49. The smallest absolute Gasteiger partial charge is 0.210 e. The van der Waals surface area contributed by atoms with Gasteiger partial charge in [-0.2, -0.15) is 0 Å². The minimum atomic E-state index is 0.978. The van der Waals surface area contributed by atoms with Crippen molar-refractivity contribution < 1.29 is 4.70 Å². The van der Waals surface area contributed by atoms with E-state index in [0.717, 1.165) is 56.3 Å². The molecule has 0 saturated heterocycles. The van der Waals surface area contributed by atoms with E-state index < -0.39 is 0 Å². The van der Waals surface area contributed by atoms with Crippen LogP contribution in [-0.4, -0.2) is 4.70 Å². The minimum absolute atomic E-state index is 0.978. The van der Waals surface area contributed by atoms with Crippen molar-refractivity contribution in [2.24, 2.45) is 0 Å². The highest BCUT2D eigenvalue weighted by atomic mass is 15.2. The van der Waals surface area contributed by atoms with Crippen LogP contribution in [0.15, 0.2) is 48.0 Å². The zero-order chi connectivity index (χ0) is 58.4. The fraction of sp³-hybridized carbons (Fsp3) is 0.800. The Hall–Kier alpha value is -2.48. The first-order valence-corrected chi connectivity index (χ1v) is 37.7. The van der Waals surface area contributed by atoms with Crippen molar-refractivity contribution in [3.05, 3.63) is 87.0 Å². The van der Waals surface area contributed by atoms with E-state index in [1.54, 1.807) is 4.70 Å². The summed E-state index contributed by atoms with van der Waals surface area (Å²) in [5, 5.41) is 0. The average molecular weight is 1130 g/mol. The van der Waals surface area contributed by atoms with Gasteiger partial charge in [-0.3, -0.25) is 0 Å². The summed E-state index contributed by atoms with van der Waals surface area (Å²) >= 11 is 0. The molecule has 1 aliphatic rings. The Kier molecular flexibility index (Phi) is 48.5. The van der Waals surface area contributed by atoms with Gasteiger partial charge >= 0.3 is 0 Å². The van der Waals surface area contributed by atoms with E-state index in [1.165, 1.54) is 373 Å². The number of nitrogens with zero attached hydrogens (tertiary/aromatic N) is 2. The van der Waals surface area contributed by atoms with Gasteiger partial charge in [-0.05, 0) is 111 Å². The lowest BCUT2D eigenvalue weighted by atomic mass is 9.95. The standard InChI is InChI=1S/C80H140N2/c1-6-11-16-18-20-22-24-26-28-30-32-34-36-38-40-42-44-46-48-50-52-54-56-58-62-74-65-72(60-13-8-3)67-77(68-74)79-71-76(64-15-10-5)80(82(79)81)78-69-73(61-14-9-4)66-75(70-78)63-59-57-55-53-51-49-47-45-43-41-39-37-35-33-31-29-27-25-23-21-19-17-12-7-2/h65-71H,6-64H2,1-5H3. The van der Waals surface area contributed by atoms with E-state index in [0.29, 0.717) is 0 Å². The van der Waals surface area contributed by atoms with Crippen LogP contribution < -0.4 is 0 Å². The van der Waals surface area contributed by atoms with E-state index in [-0.39, 0.29) is 0 Å². The van der Waals surface area contributed by atoms with Crippen molar-refractivity contribution in [3.63, 3.8) is 0 Å². The molecule has 1 heterocycles. The molecule has 82 heavy (non-hydrogen) atoms. The predicted molar refractivity (Wildman–Crippen MR) is 369 cm³/mol. The summed E-state index contributed by atoms with van der Waals surface area (Å²) in [5.74, 6) is 0. The summed E-state index contributed by atoms with van der Waals surface area (Å²) in [7, 11) is 0. The van der Waals surface area contributed by atoms with Gasteiger partial charge in [0.15, 0.2) is 0 Å². The quantitative estimate of drug-likeness (QED) is 0.0466. The molecule has 2 aromatic carbocycles. The van der Waals surface area contributed by atoms with Crippen LogP contribution in [0.25, 0.3) is 16.9 Å². The molecule has 0 bridgehead atoms. The molecule has 1 aliphatic heterocycles. The average Bonchev–Trinajstić information content (AvgIpc) is 3.54. The van der Waals surface area contributed by atoms with E-state index in [9.17, 15) is 5.53 Å². The first-order chi connectivity index (χ1) is 40.5. The lowest BCUT2D eigenvalue weighted by Gasteiger charge is -2.15. The third kappa shape index (κ3) is 37.8. The van der Waals surface area contributed by atoms with E-state index >= 15 is 0 Å². The summed E-state index contributed by atoms with van der Waals surface area (Å²) in [6.45, 7) is 11.5. The van der Waals surface area contributed by atoms with Crippen LogP contribution in [-0.2, 0) is 25.7 Å². The molecule has 0 amide bonds. The van der Waals surface area contributed by atoms with Crippen LogP contribution in [0.1, 0.15) is 421 Å². The molecule has 0 radical (unpaired) electrons. The summed E-state index contributed by atoms with van der Waals surface area (Å²) in [6.07, 6.45) is 83.7. The molecule has 0 spiro atoms. The number of allylic oxidation sites excluding steroid dienone is 2. The van der Waals surface area contributed by atoms with Gasteiger partial charge in [0.25, 0.3) is 0 Å². The molecule has 2 nitrogen and oxygen atoms in total. The zero-order valence-electron chi connectivity index (χ0n) is 56.2. The van der Waals surface area contributed by atoms with Crippen molar-refractivity contribution in [1.29, 1.82) is 0 Å². The third-order valence-electron chi connectivity index (χ3n) is 18.8. The normalized spacial score (nSPS) is 12.7. The van der Waals surface area contributed by atoms with Gasteiger partial charge in [-0.25, -0.2) is 4.70 Å². The molecular weight excluding hydrogens is 989 g/mol. The molecule has 2 heteroatoms. The van der Waals surface area contributed by atoms with Crippen LogP contribution in [0.3, 0.4) is 0 Å². The van der Waals surface area contributed by atoms with Crippen molar-refractivity contribution in [2.75, 3.05) is 0 Å². The lowest BCUT2D eigenvalue weighted by molar-refractivity contribution is -0.344. The fourth-order valence-corrected chi connectivity index (χ4v) is 13.4. The Bertz CT molecular complexity index is 1850. The second-order valence-corrected chi connectivity index (χ2v) is 26.9. The van der Waals surface area contributed by atoms with E-state index in [4.69, 9.17) is 0 Å². The Balaban J connectivity index is 1.35. The molecule has 0 aromatic heterocycles. The summed E-state index contributed by atoms with van der Waals surface area (Å²) in [6, 6.07) is 14.7. The van der Waals surface area contributed by atoms with Gasteiger partial charge in [0, 0.05) is 22.8 Å². The number of rotatable bonds is 61. The van der Waals surface area contributed by atoms with Gasteiger partial charge in [0.1, 0.15) is 0 Å². The van der Waals surface area contributed by atoms with Gasteiger partial charge in [-0.1, -0.05) is 361 Å². The summed E-state index contributed by atoms with van der Waals surface area (Å²) in [5.41, 5.74) is 23.9. The third-order valence-corrected chi connectivity index (χ3v) is 18.8. The van der Waals surface area contributed by atoms with Gasteiger partial charge in [0.05, 0.1) is 0 Å². The fourth-order valence-electron chi connectivity index (χ4n) is 13.4. The Morgan fingerprint density at radius 1 is 0.232 bits per heavy atom. The van der Waals surface area contributed by atoms with E-state index in [1.807, 2.05) is 0 Å². The molecule has 0 saturated carbocycles. The predicted octanol–water partition coefficient (Wildman–Crippen LogP) is 28.2. The molecule has 0 N–H and O–H groups in total. The highest BCUT2D eigenvalue weighted by Crippen LogP contribution is 2.39. The first-order valence-electron chi connectivity index (χ1n) is 37.7. The number of hydrogen-bond acceptors (Lipinski definition) is 0. The second-order valence-electron chi connectivity index (χ2n) is 26.9. The maximum Gasteiger partial charge on any atom is 0.210 e. The van der Waals surface area contributed by atoms with Crippen LogP contribution in [0.4, 0.5) is 0 Å². The monoisotopic (exact) mass is 1130 g/mol. The highest BCUT2D eigenvalue weighted by Gasteiger charge is 2.30. The Morgan fingerprint density at radius 2 is 0.439 bits per heavy atom. The number of aryl methyl sites for hydroxylation is 4. The molecular formula is C80H140N2. The maximum atomic E-state index is 12.4. The highest BCUT2D eigenvalue weighted by molar-refractivity contribution is 5.79.